The van der Waals surface area contributed by atoms with E-state index in [2.05, 4.69) is 5.32 Å². The molecule has 1 amide bonds. The van der Waals surface area contributed by atoms with E-state index in [4.69, 9.17) is 27.9 Å². The number of hydrogen-bond donors (Lipinski definition) is 3. The van der Waals surface area contributed by atoms with Gasteiger partial charge in [-0.1, -0.05) is 34.5 Å². The maximum Gasteiger partial charge on any atom is 0.394 e. The van der Waals surface area contributed by atoms with Crippen molar-refractivity contribution in [2.24, 2.45) is 0 Å². The number of carbonyl (C=O) groups is 1. The predicted octanol–water partition coefficient (Wildman–Crippen LogP) is 3.48. The molecule has 0 spiro atoms. The van der Waals surface area contributed by atoms with Crippen LogP contribution in [0.15, 0.2) is 23.0 Å². The minimum atomic E-state index is -4.56. The predicted molar refractivity (Wildman–Crippen MR) is 120 cm³/mol. The van der Waals surface area contributed by atoms with Gasteiger partial charge < -0.3 is 25.0 Å². The smallest absolute Gasteiger partial charge is 0.394 e. The van der Waals surface area contributed by atoms with Crippen molar-refractivity contribution in [1.82, 2.24) is 15.2 Å². The van der Waals surface area contributed by atoms with Gasteiger partial charge in [0, 0.05) is 32.2 Å². The van der Waals surface area contributed by atoms with Gasteiger partial charge in [-0.2, -0.15) is 13.2 Å². The van der Waals surface area contributed by atoms with E-state index in [0.717, 1.165) is 12.8 Å². The van der Waals surface area contributed by atoms with E-state index in [0.29, 0.717) is 40.2 Å². The van der Waals surface area contributed by atoms with Crippen LogP contribution in [0.4, 0.5) is 13.2 Å². The highest BCUT2D eigenvalue weighted by Crippen LogP contribution is 2.28. The Morgan fingerprint density at radius 3 is 2.64 bits per heavy atom. The standard InChI is InChI=1S/C20H22Cl2F3N3O4S/c21-14-2-1-13(7-15(14)22)32-12-3-5-28(6-4-12)10-11(29)9-26-18(30)17-16(8-20(23,24)25)27-19(31)33-17/h1-2,7,11-12,29H,3-6,8-10H2,(H,26,30)(H,27,31). The molecule has 1 aliphatic rings. The summed E-state index contributed by atoms with van der Waals surface area (Å²) in [5.74, 6) is -0.201. The van der Waals surface area contributed by atoms with Crippen LogP contribution in [0.5, 0.6) is 5.75 Å². The number of piperidine rings is 1. The first-order valence-electron chi connectivity index (χ1n) is 10.1. The number of β-amino-alcohol motifs (C(OH)–C–C–N with tert-alkyl or cyclic N) is 1. The number of halogens is 5. The van der Waals surface area contributed by atoms with Gasteiger partial charge in [-0.25, -0.2) is 0 Å². The fourth-order valence-corrected chi connectivity index (χ4v) is 4.53. The van der Waals surface area contributed by atoms with Crippen molar-refractivity contribution in [3.63, 3.8) is 0 Å². The second-order valence-electron chi connectivity index (χ2n) is 7.67. The van der Waals surface area contributed by atoms with Crippen LogP contribution in [0, 0.1) is 0 Å². The van der Waals surface area contributed by atoms with Crippen LogP contribution in [-0.4, -0.2) is 65.5 Å². The molecule has 3 N–H and O–H groups in total. The number of aromatic amines is 1. The SMILES string of the molecule is O=C(NCC(O)CN1CCC(Oc2ccc(Cl)c(Cl)c2)CC1)c1sc(=O)[nH]c1CC(F)(F)F. The highest BCUT2D eigenvalue weighted by atomic mass is 35.5. The molecule has 0 radical (unpaired) electrons. The zero-order valence-electron chi connectivity index (χ0n) is 17.3. The quantitative estimate of drug-likeness (QED) is 0.488. The molecular weight excluding hydrogens is 506 g/mol. The maximum atomic E-state index is 12.6. The lowest BCUT2D eigenvalue weighted by Gasteiger charge is -2.33. The fraction of sp³-hybridized carbons (Fsp3) is 0.500. The number of rotatable bonds is 8. The van der Waals surface area contributed by atoms with E-state index in [1.165, 1.54) is 0 Å². The minimum Gasteiger partial charge on any atom is -0.490 e. The van der Waals surface area contributed by atoms with E-state index in [-0.39, 0.29) is 24.1 Å². The van der Waals surface area contributed by atoms with Gasteiger partial charge in [0.1, 0.15) is 16.7 Å². The highest BCUT2D eigenvalue weighted by molar-refractivity contribution is 7.11. The van der Waals surface area contributed by atoms with Crippen LogP contribution in [-0.2, 0) is 6.42 Å². The van der Waals surface area contributed by atoms with E-state index in [1.54, 1.807) is 18.2 Å². The number of hydrogen-bond acceptors (Lipinski definition) is 6. The Balaban J connectivity index is 1.43. The molecule has 33 heavy (non-hydrogen) atoms. The molecule has 1 unspecified atom stereocenters. The molecule has 182 valence electrons. The third kappa shape index (κ3) is 7.89. The van der Waals surface area contributed by atoms with Crippen molar-refractivity contribution in [3.8, 4) is 5.75 Å². The molecule has 3 rings (SSSR count). The van der Waals surface area contributed by atoms with Crippen molar-refractivity contribution >= 4 is 40.4 Å². The van der Waals surface area contributed by atoms with E-state index < -0.39 is 35.2 Å². The molecule has 7 nitrogen and oxygen atoms in total. The summed E-state index contributed by atoms with van der Waals surface area (Å²) in [6.45, 7) is 1.44. The summed E-state index contributed by atoms with van der Waals surface area (Å²) in [5, 5.41) is 13.5. The van der Waals surface area contributed by atoms with Crippen molar-refractivity contribution < 1.29 is 27.8 Å². The second kappa shape index (κ2) is 11.1. The summed E-state index contributed by atoms with van der Waals surface area (Å²) < 4.78 is 43.8. The molecule has 0 aliphatic carbocycles. The molecule has 1 fully saturated rings. The summed E-state index contributed by atoms with van der Waals surface area (Å²) in [4.78, 5) is 26.6. The van der Waals surface area contributed by atoms with Crippen molar-refractivity contribution in [2.45, 2.75) is 37.6 Å². The van der Waals surface area contributed by atoms with Gasteiger partial charge in [0.2, 0.25) is 0 Å². The first-order valence-corrected chi connectivity index (χ1v) is 11.7. The van der Waals surface area contributed by atoms with Crippen LogP contribution in [0.2, 0.25) is 10.0 Å². The summed E-state index contributed by atoms with van der Waals surface area (Å²) in [6, 6.07) is 5.06. The second-order valence-corrected chi connectivity index (χ2v) is 9.47. The molecule has 2 aromatic rings. The van der Waals surface area contributed by atoms with E-state index in [9.17, 15) is 27.9 Å². The average molecular weight is 528 g/mol. The third-order valence-electron chi connectivity index (χ3n) is 5.00. The van der Waals surface area contributed by atoms with Gasteiger partial charge in [-0.15, -0.1) is 0 Å². The monoisotopic (exact) mass is 527 g/mol. The van der Waals surface area contributed by atoms with Crippen molar-refractivity contribution in [1.29, 1.82) is 0 Å². The number of amides is 1. The van der Waals surface area contributed by atoms with Crippen LogP contribution >= 0.6 is 34.5 Å². The first-order chi connectivity index (χ1) is 15.5. The largest absolute Gasteiger partial charge is 0.490 e. The molecule has 1 aromatic heterocycles. The summed E-state index contributed by atoms with van der Waals surface area (Å²) in [6.07, 6.45) is -5.47. The summed E-state index contributed by atoms with van der Waals surface area (Å²) in [7, 11) is 0. The van der Waals surface area contributed by atoms with Gasteiger partial charge in [0.15, 0.2) is 0 Å². The Morgan fingerprint density at radius 2 is 2.00 bits per heavy atom. The number of aliphatic hydroxyl groups excluding tert-OH is 1. The van der Waals surface area contributed by atoms with Gasteiger partial charge >= 0.3 is 11.0 Å². The molecule has 13 heteroatoms. The maximum absolute atomic E-state index is 12.6. The number of thiazole rings is 1. The molecule has 0 saturated carbocycles. The van der Waals surface area contributed by atoms with E-state index in [1.807, 2.05) is 9.88 Å². The molecule has 2 heterocycles. The number of nitrogens with one attached hydrogen (secondary N) is 2. The highest BCUT2D eigenvalue weighted by Gasteiger charge is 2.32. The first kappa shape index (κ1) is 25.8. The van der Waals surface area contributed by atoms with Crippen LogP contribution < -0.4 is 14.9 Å². The number of benzene rings is 1. The Bertz CT molecular complexity index is 1020. The molecule has 1 aromatic carbocycles. The average Bonchev–Trinajstić information content (AvgIpc) is 3.09. The minimum absolute atomic E-state index is 0.0150. The molecular formula is C20H22Cl2F3N3O4S. The Kier molecular flexibility index (Phi) is 8.68. The molecule has 1 aliphatic heterocycles. The lowest BCUT2D eigenvalue weighted by Crippen LogP contribution is -2.45. The number of aliphatic hydroxyl groups is 1. The number of aromatic nitrogens is 1. The van der Waals surface area contributed by atoms with Crippen LogP contribution in [0.1, 0.15) is 28.2 Å². The summed E-state index contributed by atoms with van der Waals surface area (Å²) >= 11 is 12.3. The van der Waals surface area contributed by atoms with Crippen LogP contribution in [0.25, 0.3) is 0 Å². The Labute approximate surface area is 201 Å². The van der Waals surface area contributed by atoms with Gasteiger partial charge in [0.25, 0.3) is 5.91 Å². The Morgan fingerprint density at radius 1 is 1.30 bits per heavy atom. The number of alkyl halides is 3. The number of carbonyl (C=O) groups excluding carboxylic acids is 1. The molecule has 0 bridgehead atoms. The number of likely N-dealkylation sites (tertiary alicyclic amines) is 1. The third-order valence-corrected chi connectivity index (χ3v) is 6.66. The molecule has 1 atom stereocenters. The topological polar surface area (TPSA) is 94.7 Å². The van der Waals surface area contributed by atoms with Crippen molar-refractivity contribution in [3.05, 3.63) is 48.5 Å². The zero-order valence-corrected chi connectivity index (χ0v) is 19.6. The lowest BCUT2D eigenvalue weighted by atomic mass is 10.1. The van der Waals surface area contributed by atoms with Gasteiger partial charge in [0.05, 0.1) is 28.3 Å². The number of H-pyrrole nitrogens is 1. The normalized spacial score (nSPS) is 16.5. The van der Waals surface area contributed by atoms with Crippen LogP contribution in [0.3, 0.4) is 0 Å². The zero-order chi connectivity index (χ0) is 24.2. The van der Waals surface area contributed by atoms with E-state index >= 15 is 0 Å². The van der Waals surface area contributed by atoms with Gasteiger partial charge in [-0.05, 0) is 25.0 Å². The van der Waals surface area contributed by atoms with Gasteiger partial charge in [-0.3, -0.25) is 9.59 Å². The summed E-state index contributed by atoms with van der Waals surface area (Å²) in [5.41, 5.74) is -0.478. The number of ether oxygens (including phenoxy) is 1. The number of nitrogens with zero attached hydrogens (tertiary/aromatic N) is 1. The van der Waals surface area contributed by atoms with Crippen molar-refractivity contribution in [2.75, 3.05) is 26.2 Å². The lowest BCUT2D eigenvalue weighted by molar-refractivity contribution is -0.127. The fourth-order valence-electron chi connectivity index (χ4n) is 3.47. The molecule has 1 saturated heterocycles. The Hall–Kier alpha value is -1.79.